The molecule has 1 aliphatic rings. The number of carbonyl (C=O) groups excluding carboxylic acids is 1. The van der Waals surface area contributed by atoms with Crippen molar-refractivity contribution in [2.24, 2.45) is 5.92 Å². The summed E-state index contributed by atoms with van der Waals surface area (Å²) in [6, 6.07) is -0.350. The molecule has 0 bridgehead atoms. The van der Waals surface area contributed by atoms with Gasteiger partial charge in [0.2, 0.25) is 11.8 Å². The van der Waals surface area contributed by atoms with Crippen molar-refractivity contribution in [2.75, 3.05) is 31.6 Å². The quantitative estimate of drug-likeness (QED) is 0.856. The molecule has 1 unspecified atom stereocenters. The van der Waals surface area contributed by atoms with Crippen LogP contribution in [0, 0.1) is 5.92 Å². The van der Waals surface area contributed by atoms with E-state index in [-0.39, 0.29) is 24.0 Å². The van der Waals surface area contributed by atoms with Gasteiger partial charge < -0.3 is 19.7 Å². The van der Waals surface area contributed by atoms with Crippen molar-refractivity contribution in [2.45, 2.75) is 39.8 Å². The molecule has 1 saturated heterocycles. The van der Waals surface area contributed by atoms with Gasteiger partial charge in [-0.25, -0.2) is 0 Å². The molecule has 0 aliphatic carbocycles. The summed E-state index contributed by atoms with van der Waals surface area (Å²) in [6.07, 6.45) is 3.20. The Balaban J connectivity index is 2.08. The first kappa shape index (κ1) is 17.5. The number of rotatable bonds is 6. The summed E-state index contributed by atoms with van der Waals surface area (Å²) >= 11 is 0. The minimum absolute atomic E-state index is 0.0235. The van der Waals surface area contributed by atoms with Crippen LogP contribution < -0.4 is 10.1 Å². The minimum atomic E-state index is -0.350. The summed E-state index contributed by atoms with van der Waals surface area (Å²) in [4.78, 5) is 23.1. The van der Waals surface area contributed by atoms with Crippen LogP contribution in [0.3, 0.4) is 0 Å². The smallest absolute Gasteiger partial charge is 0.245 e. The Morgan fingerprint density at radius 3 is 2.57 bits per heavy atom. The number of nitrogens with one attached hydrogen (secondary N) is 1. The highest BCUT2D eigenvalue weighted by molar-refractivity contribution is 5.84. The van der Waals surface area contributed by atoms with E-state index in [2.05, 4.69) is 15.3 Å². The van der Waals surface area contributed by atoms with E-state index in [1.807, 2.05) is 32.6 Å². The highest BCUT2D eigenvalue weighted by Gasteiger charge is 2.28. The number of anilines is 1. The third kappa shape index (κ3) is 5.06. The van der Waals surface area contributed by atoms with E-state index in [0.29, 0.717) is 38.0 Å². The van der Waals surface area contributed by atoms with Crippen LogP contribution in [0.4, 0.5) is 5.82 Å². The first-order valence-electron chi connectivity index (χ1n) is 8.09. The summed E-state index contributed by atoms with van der Waals surface area (Å²) in [5, 5.41) is 3.20. The molecule has 7 nitrogen and oxygen atoms in total. The lowest BCUT2D eigenvalue weighted by atomic mass is 10.0. The molecule has 2 rings (SSSR count). The van der Waals surface area contributed by atoms with Gasteiger partial charge in [0.05, 0.1) is 31.7 Å². The lowest BCUT2D eigenvalue weighted by Crippen LogP contribution is -2.49. The Bertz CT molecular complexity index is 516. The summed E-state index contributed by atoms with van der Waals surface area (Å²) in [5.74, 6) is 1.19. The Morgan fingerprint density at radius 1 is 1.26 bits per heavy atom. The Kier molecular flexibility index (Phi) is 6.15. The predicted molar refractivity (Wildman–Crippen MR) is 87.4 cm³/mol. The maximum Gasteiger partial charge on any atom is 0.245 e. The largest absolute Gasteiger partial charge is 0.474 e. The Hall–Kier alpha value is -1.89. The molecule has 0 spiro atoms. The second-order valence-electron chi connectivity index (χ2n) is 6.21. The number of amides is 1. The number of nitrogens with zero attached hydrogens (tertiary/aromatic N) is 3. The molecule has 1 amide bonds. The molecule has 7 heteroatoms. The van der Waals surface area contributed by atoms with Crippen molar-refractivity contribution in [3.8, 4) is 5.88 Å². The normalized spacial score (nSPS) is 16.5. The zero-order valence-electron chi connectivity index (χ0n) is 14.3. The molecule has 1 aromatic rings. The van der Waals surface area contributed by atoms with E-state index >= 15 is 0 Å². The summed E-state index contributed by atoms with van der Waals surface area (Å²) in [6.45, 7) is 10.3. The molecule has 0 aromatic carbocycles. The zero-order chi connectivity index (χ0) is 16.8. The van der Waals surface area contributed by atoms with E-state index < -0.39 is 0 Å². The monoisotopic (exact) mass is 322 g/mol. The highest BCUT2D eigenvalue weighted by Crippen LogP contribution is 2.16. The molecule has 1 atom stereocenters. The van der Waals surface area contributed by atoms with Gasteiger partial charge in [0.1, 0.15) is 11.9 Å². The lowest BCUT2D eigenvalue weighted by molar-refractivity contribution is -0.137. The third-order valence-corrected chi connectivity index (χ3v) is 3.53. The molecule has 23 heavy (non-hydrogen) atoms. The summed E-state index contributed by atoms with van der Waals surface area (Å²) in [5.41, 5.74) is 0. The van der Waals surface area contributed by atoms with Crippen molar-refractivity contribution >= 4 is 11.7 Å². The number of ether oxygens (including phenoxy) is 2. The number of aromatic nitrogens is 2. The topological polar surface area (TPSA) is 76.6 Å². The van der Waals surface area contributed by atoms with Gasteiger partial charge in [-0.2, -0.15) is 4.98 Å². The maximum absolute atomic E-state index is 12.7. The molecule has 0 saturated carbocycles. The van der Waals surface area contributed by atoms with Gasteiger partial charge in [-0.05, 0) is 19.8 Å². The molecule has 1 aromatic heterocycles. The molecule has 2 heterocycles. The van der Waals surface area contributed by atoms with Crippen molar-refractivity contribution in [3.63, 3.8) is 0 Å². The maximum atomic E-state index is 12.7. The van der Waals surface area contributed by atoms with Crippen LogP contribution >= 0.6 is 0 Å². The fourth-order valence-electron chi connectivity index (χ4n) is 2.37. The number of hydrogen-bond donors (Lipinski definition) is 1. The van der Waals surface area contributed by atoms with Gasteiger partial charge in [0.25, 0.3) is 0 Å². The molecule has 1 aliphatic heterocycles. The van der Waals surface area contributed by atoms with E-state index in [1.165, 1.54) is 0 Å². The van der Waals surface area contributed by atoms with Gasteiger partial charge in [0, 0.05) is 13.1 Å². The van der Waals surface area contributed by atoms with Gasteiger partial charge in [-0.1, -0.05) is 13.8 Å². The van der Waals surface area contributed by atoms with Crippen molar-refractivity contribution in [1.82, 2.24) is 14.9 Å². The molecule has 1 N–H and O–H groups in total. The van der Waals surface area contributed by atoms with Crippen molar-refractivity contribution in [3.05, 3.63) is 12.4 Å². The van der Waals surface area contributed by atoms with Gasteiger partial charge in [0.15, 0.2) is 0 Å². The molecule has 0 radical (unpaired) electrons. The molecular formula is C16H26N4O3. The van der Waals surface area contributed by atoms with E-state index in [4.69, 9.17) is 9.47 Å². The van der Waals surface area contributed by atoms with Gasteiger partial charge >= 0.3 is 0 Å². The molecule has 128 valence electrons. The second-order valence-corrected chi connectivity index (χ2v) is 6.21. The Labute approximate surface area is 137 Å². The fraction of sp³-hybridized carbons (Fsp3) is 0.688. The van der Waals surface area contributed by atoms with Crippen LogP contribution in [0.15, 0.2) is 12.4 Å². The van der Waals surface area contributed by atoms with Crippen LogP contribution in [0.1, 0.15) is 27.7 Å². The number of hydrogen-bond acceptors (Lipinski definition) is 6. The van der Waals surface area contributed by atoms with E-state index in [1.54, 1.807) is 12.4 Å². The zero-order valence-corrected chi connectivity index (χ0v) is 14.3. The van der Waals surface area contributed by atoms with Crippen LogP contribution in [0.25, 0.3) is 0 Å². The average Bonchev–Trinajstić information content (AvgIpc) is 2.52. The van der Waals surface area contributed by atoms with Crippen molar-refractivity contribution in [1.29, 1.82) is 0 Å². The van der Waals surface area contributed by atoms with Crippen LogP contribution in [-0.2, 0) is 9.53 Å². The first-order valence-corrected chi connectivity index (χ1v) is 8.09. The van der Waals surface area contributed by atoms with Crippen molar-refractivity contribution < 1.29 is 14.3 Å². The van der Waals surface area contributed by atoms with Gasteiger partial charge in [-0.15, -0.1) is 0 Å². The summed E-state index contributed by atoms with van der Waals surface area (Å²) < 4.78 is 10.9. The van der Waals surface area contributed by atoms with Crippen LogP contribution in [0.5, 0.6) is 5.88 Å². The van der Waals surface area contributed by atoms with Crippen LogP contribution in [-0.4, -0.2) is 59.2 Å². The highest BCUT2D eigenvalue weighted by atomic mass is 16.5. The average molecular weight is 322 g/mol. The fourth-order valence-corrected chi connectivity index (χ4v) is 2.37. The van der Waals surface area contributed by atoms with E-state index in [9.17, 15) is 4.79 Å². The minimum Gasteiger partial charge on any atom is -0.474 e. The lowest BCUT2D eigenvalue weighted by Gasteiger charge is -2.32. The first-order chi connectivity index (χ1) is 11.0. The number of morpholine rings is 1. The molecule has 1 fully saturated rings. The predicted octanol–water partition coefficient (Wildman–Crippen LogP) is 1.56. The standard InChI is InChI=1S/C16H26N4O3/c1-11(2)15(16(21)20-5-7-22-8-6-20)19-13-9-17-10-14(18-13)23-12(3)4/h9-12,15H,5-8H2,1-4H3,(H,18,19). The second kappa shape index (κ2) is 8.10. The number of carbonyl (C=O) groups is 1. The SMILES string of the molecule is CC(C)Oc1cncc(NC(C(=O)N2CCOCC2)C(C)C)n1. The third-order valence-electron chi connectivity index (χ3n) is 3.53. The summed E-state index contributed by atoms with van der Waals surface area (Å²) in [7, 11) is 0. The van der Waals surface area contributed by atoms with Crippen LogP contribution in [0.2, 0.25) is 0 Å². The van der Waals surface area contributed by atoms with Gasteiger partial charge in [-0.3, -0.25) is 9.78 Å². The van der Waals surface area contributed by atoms with E-state index in [0.717, 1.165) is 0 Å². The molecular weight excluding hydrogens is 296 g/mol. The Morgan fingerprint density at radius 2 is 1.96 bits per heavy atom.